The zero-order chi connectivity index (χ0) is 22.3. The molecule has 2 aliphatic heterocycles. The summed E-state index contributed by atoms with van der Waals surface area (Å²) < 4.78 is 11.7. The highest BCUT2D eigenvalue weighted by Crippen LogP contribution is 2.33. The van der Waals surface area contributed by atoms with Crippen LogP contribution in [0, 0.1) is 12.8 Å². The number of para-hydroxylation sites is 2. The minimum Gasteiger partial charge on any atom is -0.495 e. The molecule has 33 heavy (non-hydrogen) atoms. The third-order valence-electron chi connectivity index (χ3n) is 6.56. The van der Waals surface area contributed by atoms with Crippen LogP contribution in [-0.4, -0.2) is 52.4 Å². The van der Waals surface area contributed by atoms with Crippen LogP contribution >= 0.6 is 24.0 Å². The number of guanidine groups is 1. The Morgan fingerprint density at radius 3 is 2.70 bits per heavy atom. The number of halogens is 1. The molecule has 4 rings (SSSR count). The first-order valence-corrected chi connectivity index (χ1v) is 11.7. The first-order chi connectivity index (χ1) is 15.7. The van der Waals surface area contributed by atoms with Crippen molar-refractivity contribution >= 4 is 35.6 Å². The average Bonchev–Trinajstić information content (AvgIpc) is 3.31. The maximum atomic E-state index is 6.18. The average molecular weight is 565 g/mol. The van der Waals surface area contributed by atoms with Crippen molar-refractivity contribution in [1.82, 2.24) is 10.6 Å². The van der Waals surface area contributed by atoms with Crippen molar-refractivity contribution in [3.05, 3.63) is 59.7 Å². The smallest absolute Gasteiger partial charge is 0.191 e. The van der Waals surface area contributed by atoms with Gasteiger partial charge in [-0.1, -0.05) is 42.0 Å². The zero-order valence-corrected chi connectivity index (χ0v) is 22.3. The quantitative estimate of drug-likeness (QED) is 0.307. The zero-order valence-electron chi connectivity index (χ0n) is 19.9. The van der Waals surface area contributed by atoms with Gasteiger partial charge in [0.05, 0.1) is 18.9 Å². The third-order valence-corrected chi connectivity index (χ3v) is 6.56. The molecule has 2 heterocycles. The highest BCUT2D eigenvalue weighted by molar-refractivity contribution is 14.0. The van der Waals surface area contributed by atoms with Crippen molar-refractivity contribution in [2.45, 2.75) is 38.3 Å². The number of ether oxygens (including phenoxy) is 2. The topological polar surface area (TPSA) is 58.1 Å². The summed E-state index contributed by atoms with van der Waals surface area (Å²) in [4.78, 5) is 6.87. The van der Waals surface area contributed by atoms with Crippen LogP contribution in [0.4, 0.5) is 5.69 Å². The van der Waals surface area contributed by atoms with Gasteiger partial charge in [0, 0.05) is 45.2 Å². The molecular formula is C26H37IN4O2. The van der Waals surface area contributed by atoms with Crippen LogP contribution in [0.1, 0.15) is 36.5 Å². The number of methoxy groups -OCH3 is 1. The number of nitrogens with zero attached hydrogens (tertiary/aromatic N) is 2. The van der Waals surface area contributed by atoms with Gasteiger partial charge >= 0.3 is 0 Å². The molecule has 0 spiro atoms. The van der Waals surface area contributed by atoms with E-state index in [1.54, 1.807) is 7.11 Å². The molecule has 3 atom stereocenters. The number of aryl methyl sites for hydroxylation is 1. The van der Waals surface area contributed by atoms with E-state index >= 15 is 0 Å². The largest absolute Gasteiger partial charge is 0.495 e. The summed E-state index contributed by atoms with van der Waals surface area (Å²) in [7, 11) is 3.58. The summed E-state index contributed by atoms with van der Waals surface area (Å²) in [6, 6.07) is 17.3. The van der Waals surface area contributed by atoms with Gasteiger partial charge in [-0.05, 0) is 43.9 Å². The lowest BCUT2D eigenvalue weighted by Gasteiger charge is -2.33. The molecule has 0 aromatic heterocycles. The molecule has 0 radical (unpaired) electrons. The van der Waals surface area contributed by atoms with Crippen LogP contribution in [-0.2, 0) is 4.74 Å². The Morgan fingerprint density at radius 2 is 1.94 bits per heavy atom. The fourth-order valence-electron chi connectivity index (χ4n) is 4.78. The summed E-state index contributed by atoms with van der Waals surface area (Å²) in [6.45, 7) is 5.74. The van der Waals surface area contributed by atoms with Crippen molar-refractivity contribution in [2.75, 3.05) is 45.3 Å². The van der Waals surface area contributed by atoms with Gasteiger partial charge in [0.1, 0.15) is 5.75 Å². The van der Waals surface area contributed by atoms with E-state index in [1.165, 1.54) is 11.1 Å². The molecule has 0 bridgehead atoms. The van der Waals surface area contributed by atoms with Gasteiger partial charge in [0.2, 0.25) is 0 Å². The molecule has 7 heteroatoms. The van der Waals surface area contributed by atoms with Crippen LogP contribution < -0.4 is 20.3 Å². The van der Waals surface area contributed by atoms with Crippen molar-refractivity contribution in [3.8, 4) is 5.75 Å². The Bertz CT molecular complexity index is 905. The predicted octanol–water partition coefficient (Wildman–Crippen LogP) is 4.53. The van der Waals surface area contributed by atoms with E-state index < -0.39 is 0 Å². The number of rotatable bonds is 6. The van der Waals surface area contributed by atoms with Crippen LogP contribution in [0.15, 0.2) is 53.5 Å². The number of anilines is 1. The van der Waals surface area contributed by atoms with Gasteiger partial charge in [0.15, 0.2) is 5.96 Å². The van der Waals surface area contributed by atoms with E-state index in [2.05, 4.69) is 63.8 Å². The van der Waals surface area contributed by atoms with E-state index in [-0.39, 0.29) is 30.1 Å². The first kappa shape index (κ1) is 25.6. The van der Waals surface area contributed by atoms with Gasteiger partial charge in [-0.2, -0.15) is 0 Å². The molecule has 2 fully saturated rings. The predicted molar refractivity (Wildman–Crippen MR) is 146 cm³/mol. The molecule has 2 aliphatic rings. The van der Waals surface area contributed by atoms with Crippen molar-refractivity contribution in [3.63, 3.8) is 0 Å². The first-order valence-electron chi connectivity index (χ1n) is 11.7. The van der Waals surface area contributed by atoms with E-state index in [9.17, 15) is 0 Å². The molecule has 2 aromatic carbocycles. The lowest BCUT2D eigenvalue weighted by Crippen LogP contribution is -2.46. The molecule has 0 aliphatic carbocycles. The molecule has 2 N–H and O–H groups in total. The van der Waals surface area contributed by atoms with Crippen LogP contribution in [0.2, 0.25) is 0 Å². The molecule has 180 valence electrons. The molecule has 3 unspecified atom stereocenters. The highest BCUT2D eigenvalue weighted by atomic mass is 127. The molecule has 2 aromatic rings. The Morgan fingerprint density at radius 1 is 1.15 bits per heavy atom. The van der Waals surface area contributed by atoms with Crippen molar-refractivity contribution < 1.29 is 9.47 Å². The number of hydrogen-bond acceptors (Lipinski definition) is 4. The van der Waals surface area contributed by atoms with Gasteiger partial charge in [-0.15, -0.1) is 24.0 Å². The van der Waals surface area contributed by atoms with Gasteiger partial charge in [-0.3, -0.25) is 4.99 Å². The van der Waals surface area contributed by atoms with Crippen LogP contribution in [0.5, 0.6) is 5.75 Å². The van der Waals surface area contributed by atoms with Crippen molar-refractivity contribution in [1.29, 1.82) is 0 Å². The number of benzene rings is 2. The maximum Gasteiger partial charge on any atom is 0.191 e. The highest BCUT2D eigenvalue weighted by Gasteiger charge is 2.29. The van der Waals surface area contributed by atoms with E-state index in [0.29, 0.717) is 12.0 Å². The van der Waals surface area contributed by atoms with Crippen LogP contribution in [0.25, 0.3) is 0 Å². The Hall–Kier alpha value is -2.00. The van der Waals surface area contributed by atoms with E-state index in [0.717, 1.165) is 62.9 Å². The number of hydrogen-bond donors (Lipinski definition) is 2. The monoisotopic (exact) mass is 564 g/mol. The minimum atomic E-state index is 0. The van der Waals surface area contributed by atoms with Crippen molar-refractivity contribution in [2.24, 2.45) is 10.9 Å². The second kappa shape index (κ2) is 12.5. The summed E-state index contributed by atoms with van der Waals surface area (Å²) in [5, 5.41) is 7.19. The molecule has 0 saturated carbocycles. The summed E-state index contributed by atoms with van der Waals surface area (Å²) in [5.41, 5.74) is 3.71. The Labute approximate surface area is 215 Å². The summed E-state index contributed by atoms with van der Waals surface area (Å²) in [5.74, 6) is 2.22. The SMILES string of the molecule is CN=C(NCC1CCCOC1c1ccc(C)cc1)NC1CCN(c2ccccc2OC)C1.I. The molecular weight excluding hydrogens is 527 g/mol. The Balaban J connectivity index is 0.00000306. The molecule has 0 amide bonds. The summed E-state index contributed by atoms with van der Waals surface area (Å²) in [6.07, 6.45) is 3.48. The van der Waals surface area contributed by atoms with E-state index in [4.69, 9.17) is 9.47 Å². The standard InChI is InChI=1S/C26H36N4O2.HI/c1-19-10-12-20(13-11-19)25-21(7-6-16-32-25)17-28-26(27-2)29-22-14-15-30(18-22)23-8-4-5-9-24(23)31-3;/h4-5,8-13,21-22,25H,6-7,14-18H2,1-3H3,(H2,27,28,29);1H. The maximum absolute atomic E-state index is 6.18. The molecule has 6 nitrogen and oxygen atoms in total. The van der Waals surface area contributed by atoms with Crippen LogP contribution in [0.3, 0.4) is 0 Å². The third kappa shape index (κ3) is 6.53. The Kier molecular flexibility index (Phi) is 9.67. The van der Waals surface area contributed by atoms with Gasteiger partial charge < -0.3 is 25.0 Å². The number of nitrogens with one attached hydrogen (secondary N) is 2. The van der Waals surface area contributed by atoms with Gasteiger partial charge in [0.25, 0.3) is 0 Å². The second-order valence-electron chi connectivity index (χ2n) is 8.81. The minimum absolute atomic E-state index is 0. The summed E-state index contributed by atoms with van der Waals surface area (Å²) >= 11 is 0. The normalized spacial score (nSPS) is 23.1. The number of aliphatic imine (C=N–C) groups is 1. The fraction of sp³-hybridized carbons (Fsp3) is 0.500. The van der Waals surface area contributed by atoms with Gasteiger partial charge in [-0.25, -0.2) is 0 Å². The fourth-order valence-corrected chi connectivity index (χ4v) is 4.78. The lowest BCUT2D eigenvalue weighted by atomic mass is 9.89. The van der Waals surface area contributed by atoms with E-state index in [1.807, 2.05) is 19.2 Å². The molecule has 2 saturated heterocycles. The lowest BCUT2D eigenvalue weighted by molar-refractivity contribution is -0.0265. The second-order valence-corrected chi connectivity index (χ2v) is 8.81.